The van der Waals surface area contributed by atoms with Crippen molar-refractivity contribution in [1.29, 1.82) is 0 Å². The number of nitrogens with zero attached hydrogens (tertiary/aromatic N) is 3. The van der Waals surface area contributed by atoms with Gasteiger partial charge in [-0.25, -0.2) is 0 Å². The monoisotopic (exact) mass is 452 g/mol. The van der Waals surface area contributed by atoms with Crippen molar-refractivity contribution in [3.05, 3.63) is 0 Å². The molecule has 1 saturated heterocycles. The zero-order valence-corrected chi connectivity index (χ0v) is 18.1. The van der Waals surface area contributed by atoms with Gasteiger partial charge in [0.2, 0.25) is 0 Å². The lowest BCUT2D eigenvalue weighted by Gasteiger charge is -2.30. The third-order valence-corrected chi connectivity index (χ3v) is 4.82. The van der Waals surface area contributed by atoms with Crippen LogP contribution in [0.25, 0.3) is 0 Å². The first-order valence-corrected chi connectivity index (χ1v) is 9.41. The topological polar surface area (TPSA) is 40.1 Å². The van der Waals surface area contributed by atoms with E-state index in [2.05, 4.69) is 34.1 Å². The molecule has 1 unspecified atom stereocenters. The molecule has 1 aliphatic carbocycles. The summed E-state index contributed by atoms with van der Waals surface area (Å²) in [6, 6.07) is 0. The molecule has 0 amide bonds. The van der Waals surface area contributed by atoms with Gasteiger partial charge in [-0.1, -0.05) is 13.3 Å². The molecule has 1 aliphatic heterocycles. The molecule has 2 aliphatic rings. The Morgan fingerprint density at radius 2 is 2.00 bits per heavy atom. The molecule has 2 rings (SSSR count). The van der Waals surface area contributed by atoms with Crippen LogP contribution in [0.1, 0.15) is 39.0 Å². The van der Waals surface area contributed by atoms with Gasteiger partial charge in [-0.3, -0.25) is 4.99 Å². The van der Waals surface area contributed by atoms with E-state index in [-0.39, 0.29) is 24.0 Å². The van der Waals surface area contributed by atoms with Crippen LogP contribution in [0.15, 0.2) is 4.99 Å². The van der Waals surface area contributed by atoms with Gasteiger partial charge in [-0.05, 0) is 50.6 Å². The second kappa shape index (κ2) is 12.3. The van der Waals surface area contributed by atoms with Crippen LogP contribution >= 0.6 is 24.0 Å². The molecule has 5 nitrogen and oxygen atoms in total. The number of likely N-dealkylation sites (N-methyl/N-ethyl adjacent to an activating group) is 1. The summed E-state index contributed by atoms with van der Waals surface area (Å²) in [5.74, 6) is 2.46. The van der Waals surface area contributed by atoms with Crippen molar-refractivity contribution < 1.29 is 4.74 Å². The number of nitrogens with one attached hydrogen (secondary N) is 1. The van der Waals surface area contributed by atoms with Gasteiger partial charge in [0.05, 0.1) is 6.61 Å². The molecule has 0 aromatic carbocycles. The number of piperidine rings is 1. The first-order chi connectivity index (χ1) is 11.2. The van der Waals surface area contributed by atoms with Crippen molar-refractivity contribution in [2.24, 2.45) is 16.8 Å². The molecule has 2 fully saturated rings. The van der Waals surface area contributed by atoms with Crippen molar-refractivity contribution in [3.8, 4) is 0 Å². The minimum atomic E-state index is 0. The molecule has 1 heterocycles. The van der Waals surface area contributed by atoms with Crippen LogP contribution in [0, 0.1) is 11.8 Å². The Morgan fingerprint density at radius 3 is 2.62 bits per heavy atom. The summed E-state index contributed by atoms with van der Waals surface area (Å²) in [5, 5.41) is 3.51. The van der Waals surface area contributed by atoms with E-state index in [1.807, 2.05) is 7.05 Å². The average molecular weight is 452 g/mol. The van der Waals surface area contributed by atoms with Crippen LogP contribution < -0.4 is 5.32 Å². The van der Waals surface area contributed by atoms with E-state index < -0.39 is 0 Å². The predicted molar refractivity (Wildman–Crippen MR) is 112 cm³/mol. The number of hydrogen-bond donors (Lipinski definition) is 1. The summed E-state index contributed by atoms with van der Waals surface area (Å²) in [6.07, 6.45) is 6.85. The van der Waals surface area contributed by atoms with Crippen LogP contribution in [-0.2, 0) is 4.74 Å². The summed E-state index contributed by atoms with van der Waals surface area (Å²) in [7, 11) is 3.95. The first-order valence-electron chi connectivity index (χ1n) is 9.41. The minimum absolute atomic E-state index is 0. The van der Waals surface area contributed by atoms with Gasteiger partial charge >= 0.3 is 0 Å². The van der Waals surface area contributed by atoms with Crippen molar-refractivity contribution >= 4 is 29.9 Å². The molecule has 142 valence electrons. The third kappa shape index (κ3) is 8.85. The molecule has 0 radical (unpaired) electrons. The summed E-state index contributed by atoms with van der Waals surface area (Å²) >= 11 is 0. The Hall–Kier alpha value is -0.0800. The van der Waals surface area contributed by atoms with Gasteiger partial charge in [-0.15, -0.1) is 24.0 Å². The maximum Gasteiger partial charge on any atom is 0.193 e. The Bertz CT molecular complexity index is 357. The van der Waals surface area contributed by atoms with Crippen LogP contribution in [0.4, 0.5) is 0 Å². The van der Waals surface area contributed by atoms with E-state index in [4.69, 9.17) is 4.74 Å². The quantitative estimate of drug-likeness (QED) is 0.253. The van der Waals surface area contributed by atoms with Crippen molar-refractivity contribution in [3.63, 3.8) is 0 Å². The van der Waals surface area contributed by atoms with E-state index >= 15 is 0 Å². The molecule has 1 N–H and O–H groups in total. The maximum atomic E-state index is 5.72. The van der Waals surface area contributed by atoms with Crippen molar-refractivity contribution in [2.75, 3.05) is 60.0 Å². The zero-order chi connectivity index (χ0) is 16.5. The number of ether oxygens (including phenoxy) is 1. The highest BCUT2D eigenvalue weighted by molar-refractivity contribution is 14.0. The second-order valence-electron chi connectivity index (χ2n) is 7.33. The number of hydrogen-bond acceptors (Lipinski definition) is 3. The number of rotatable bonds is 9. The highest BCUT2D eigenvalue weighted by Gasteiger charge is 2.21. The Kier molecular flexibility index (Phi) is 11.3. The van der Waals surface area contributed by atoms with Gasteiger partial charge in [-0.2, -0.15) is 0 Å². The largest absolute Gasteiger partial charge is 0.379 e. The van der Waals surface area contributed by atoms with Gasteiger partial charge < -0.3 is 19.9 Å². The van der Waals surface area contributed by atoms with Crippen molar-refractivity contribution in [2.45, 2.75) is 39.0 Å². The molecular formula is C18H37IN4O. The molecular weight excluding hydrogens is 415 g/mol. The van der Waals surface area contributed by atoms with E-state index in [1.165, 1.54) is 51.7 Å². The molecule has 0 bridgehead atoms. The SMILES string of the molecule is CN=C(NCC(C)CN1CCCCC1)N(C)CCOCC1CC1.I. The molecule has 0 aromatic rings. The highest BCUT2D eigenvalue weighted by atomic mass is 127. The van der Waals surface area contributed by atoms with Crippen molar-refractivity contribution in [1.82, 2.24) is 15.1 Å². The smallest absolute Gasteiger partial charge is 0.193 e. The zero-order valence-electron chi connectivity index (χ0n) is 15.8. The third-order valence-electron chi connectivity index (χ3n) is 4.82. The molecule has 1 saturated carbocycles. The second-order valence-corrected chi connectivity index (χ2v) is 7.33. The summed E-state index contributed by atoms with van der Waals surface area (Å²) in [5.41, 5.74) is 0. The van der Waals surface area contributed by atoms with Gasteiger partial charge in [0.15, 0.2) is 5.96 Å². The first kappa shape index (κ1) is 22.0. The summed E-state index contributed by atoms with van der Waals surface area (Å²) < 4.78 is 5.72. The predicted octanol–water partition coefficient (Wildman–Crippen LogP) is 2.66. The van der Waals surface area contributed by atoms with E-state index in [0.29, 0.717) is 5.92 Å². The van der Waals surface area contributed by atoms with Crippen LogP contribution in [0.2, 0.25) is 0 Å². The number of guanidine groups is 1. The van der Waals surface area contributed by atoms with E-state index in [1.54, 1.807) is 0 Å². The maximum absolute atomic E-state index is 5.72. The van der Waals surface area contributed by atoms with E-state index in [0.717, 1.165) is 38.2 Å². The lowest BCUT2D eigenvalue weighted by atomic mass is 10.1. The molecule has 6 heteroatoms. The minimum Gasteiger partial charge on any atom is -0.379 e. The number of likely N-dealkylation sites (tertiary alicyclic amines) is 1. The standard InChI is InChI=1S/C18H36N4O.HI/c1-16(14-22-9-5-4-6-10-22)13-20-18(19-2)21(3)11-12-23-15-17-7-8-17;/h16-17H,4-15H2,1-3H3,(H,19,20);1H. The lowest BCUT2D eigenvalue weighted by Crippen LogP contribution is -2.44. The number of aliphatic imine (C=N–C) groups is 1. The number of halogens is 1. The normalized spacial score (nSPS) is 20.4. The Morgan fingerprint density at radius 1 is 1.29 bits per heavy atom. The van der Waals surface area contributed by atoms with Gasteiger partial charge in [0.25, 0.3) is 0 Å². The fraction of sp³-hybridized carbons (Fsp3) is 0.944. The molecule has 0 aromatic heterocycles. The molecule has 24 heavy (non-hydrogen) atoms. The molecule has 1 atom stereocenters. The lowest BCUT2D eigenvalue weighted by molar-refractivity contribution is 0.115. The average Bonchev–Trinajstić information content (AvgIpc) is 3.37. The van der Waals surface area contributed by atoms with Crippen LogP contribution in [-0.4, -0.2) is 75.8 Å². The molecule has 0 spiro atoms. The van der Waals surface area contributed by atoms with Gasteiger partial charge in [0, 0.05) is 40.3 Å². The van der Waals surface area contributed by atoms with Crippen LogP contribution in [0.5, 0.6) is 0 Å². The Labute approximate surface area is 165 Å². The highest BCUT2D eigenvalue weighted by Crippen LogP contribution is 2.28. The van der Waals surface area contributed by atoms with E-state index in [9.17, 15) is 0 Å². The Balaban J connectivity index is 0.00000288. The van der Waals surface area contributed by atoms with Crippen LogP contribution in [0.3, 0.4) is 0 Å². The summed E-state index contributed by atoms with van der Waals surface area (Å²) in [4.78, 5) is 9.17. The summed E-state index contributed by atoms with van der Waals surface area (Å²) in [6.45, 7) is 9.67. The fourth-order valence-electron chi connectivity index (χ4n) is 3.14. The fourth-order valence-corrected chi connectivity index (χ4v) is 3.14. The van der Waals surface area contributed by atoms with Gasteiger partial charge in [0.1, 0.15) is 0 Å².